The summed E-state index contributed by atoms with van der Waals surface area (Å²) in [5.41, 5.74) is 1.42. The molecule has 2 aromatic carbocycles. The number of ketones is 1. The fraction of sp³-hybridized carbons (Fsp3) is 0.250. The Balaban J connectivity index is 1.96. The Morgan fingerprint density at radius 2 is 1.77 bits per heavy atom. The van der Waals surface area contributed by atoms with Gasteiger partial charge in [0.05, 0.1) is 6.42 Å². The first-order valence-electron chi connectivity index (χ1n) is 8.27. The predicted molar refractivity (Wildman–Crippen MR) is 97.6 cm³/mol. The van der Waals surface area contributed by atoms with Crippen molar-refractivity contribution in [1.29, 1.82) is 0 Å². The van der Waals surface area contributed by atoms with E-state index in [9.17, 15) is 18.8 Å². The number of carbonyl (C=O) groups is 3. The number of halogens is 1. The lowest BCUT2D eigenvalue weighted by atomic mass is 10.1. The molecule has 0 saturated heterocycles. The van der Waals surface area contributed by atoms with Gasteiger partial charge in [-0.25, -0.2) is 4.39 Å². The van der Waals surface area contributed by atoms with Gasteiger partial charge < -0.3 is 10.2 Å². The molecular formula is C20H21FN2O3. The van der Waals surface area contributed by atoms with E-state index in [1.807, 2.05) is 0 Å². The molecule has 136 valence electrons. The maximum atomic E-state index is 13.6. The van der Waals surface area contributed by atoms with Gasteiger partial charge in [0, 0.05) is 31.3 Å². The van der Waals surface area contributed by atoms with Crippen LogP contribution in [0.1, 0.15) is 29.8 Å². The molecule has 0 aromatic heterocycles. The highest BCUT2D eigenvalue weighted by Gasteiger charge is 2.14. The summed E-state index contributed by atoms with van der Waals surface area (Å²) >= 11 is 0. The largest absolute Gasteiger partial charge is 0.354 e. The number of hydrogen-bond acceptors (Lipinski definition) is 3. The number of hydrogen-bond donors (Lipinski definition) is 1. The van der Waals surface area contributed by atoms with Crippen molar-refractivity contribution >= 4 is 23.3 Å². The van der Waals surface area contributed by atoms with E-state index in [0.29, 0.717) is 16.8 Å². The summed E-state index contributed by atoms with van der Waals surface area (Å²) in [6.45, 7) is 3.35. The van der Waals surface area contributed by atoms with Crippen molar-refractivity contribution in [2.75, 3.05) is 18.0 Å². The standard InChI is InChI=1S/C20H21FN2O3/c1-14(24)16-7-5-8-18(12-16)23(15(2)25)11-10-22-20(26)13-17-6-3-4-9-19(17)21/h3-9,12H,10-11,13H2,1-2H3,(H,22,26). The molecule has 0 aliphatic rings. The van der Waals surface area contributed by atoms with Crippen LogP contribution in [0.25, 0.3) is 0 Å². The highest BCUT2D eigenvalue weighted by molar-refractivity contribution is 5.97. The molecule has 0 bridgehead atoms. The topological polar surface area (TPSA) is 66.5 Å². The molecule has 0 heterocycles. The number of Topliss-reactive ketones (excluding diaryl/α,β-unsaturated/α-hetero) is 1. The molecule has 0 aliphatic heterocycles. The van der Waals surface area contributed by atoms with Gasteiger partial charge in [-0.05, 0) is 30.7 Å². The maximum absolute atomic E-state index is 13.6. The van der Waals surface area contributed by atoms with Crippen molar-refractivity contribution in [3.8, 4) is 0 Å². The van der Waals surface area contributed by atoms with E-state index >= 15 is 0 Å². The number of anilines is 1. The zero-order valence-electron chi connectivity index (χ0n) is 14.8. The zero-order chi connectivity index (χ0) is 19.1. The molecule has 0 saturated carbocycles. The van der Waals surface area contributed by atoms with Crippen molar-refractivity contribution in [2.45, 2.75) is 20.3 Å². The van der Waals surface area contributed by atoms with E-state index in [1.165, 1.54) is 24.8 Å². The Bertz CT molecular complexity index is 820. The van der Waals surface area contributed by atoms with Crippen LogP contribution in [0.4, 0.5) is 10.1 Å². The van der Waals surface area contributed by atoms with Crippen LogP contribution in [0.5, 0.6) is 0 Å². The molecule has 26 heavy (non-hydrogen) atoms. The van der Waals surface area contributed by atoms with Crippen molar-refractivity contribution in [3.63, 3.8) is 0 Å². The molecule has 5 nitrogen and oxygen atoms in total. The second-order valence-electron chi connectivity index (χ2n) is 5.90. The van der Waals surface area contributed by atoms with E-state index in [2.05, 4.69) is 5.32 Å². The predicted octanol–water partition coefficient (Wildman–Crippen LogP) is 2.74. The SMILES string of the molecule is CC(=O)c1cccc(N(CCNC(=O)Cc2ccccc2F)C(C)=O)c1. The van der Waals surface area contributed by atoms with Crippen molar-refractivity contribution in [3.05, 3.63) is 65.5 Å². The Hall–Kier alpha value is -3.02. The first-order valence-corrected chi connectivity index (χ1v) is 8.27. The molecule has 0 atom stereocenters. The van der Waals surface area contributed by atoms with Crippen LogP contribution >= 0.6 is 0 Å². The van der Waals surface area contributed by atoms with Crippen LogP contribution in [0.3, 0.4) is 0 Å². The summed E-state index contributed by atoms with van der Waals surface area (Å²) in [6.07, 6.45) is -0.0629. The highest BCUT2D eigenvalue weighted by atomic mass is 19.1. The molecule has 6 heteroatoms. The van der Waals surface area contributed by atoms with Crippen LogP contribution in [0, 0.1) is 5.82 Å². The minimum atomic E-state index is -0.422. The maximum Gasteiger partial charge on any atom is 0.224 e. The smallest absolute Gasteiger partial charge is 0.224 e. The average molecular weight is 356 g/mol. The molecule has 0 unspecified atom stereocenters. The monoisotopic (exact) mass is 356 g/mol. The molecule has 2 aromatic rings. The van der Waals surface area contributed by atoms with Crippen LogP contribution in [-0.2, 0) is 16.0 Å². The first-order chi connectivity index (χ1) is 12.4. The Morgan fingerprint density at radius 3 is 2.42 bits per heavy atom. The minimum absolute atomic E-state index is 0.0629. The summed E-state index contributed by atoms with van der Waals surface area (Å²) in [6, 6.07) is 12.9. The third-order valence-electron chi connectivity index (χ3n) is 3.91. The van der Waals surface area contributed by atoms with Crippen molar-refractivity contribution in [1.82, 2.24) is 5.32 Å². The van der Waals surface area contributed by atoms with E-state index in [1.54, 1.807) is 42.5 Å². The third kappa shape index (κ3) is 5.24. The molecule has 2 rings (SSSR count). The number of amides is 2. The minimum Gasteiger partial charge on any atom is -0.354 e. The molecular weight excluding hydrogens is 335 g/mol. The average Bonchev–Trinajstić information content (AvgIpc) is 2.60. The zero-order valence-corrected chi connectivity index (χ0v) is 14.8. The lowest BCUT2D eigenvalue weighted by Gasteiger charge is -2.22. The second kappa shape index (κ2) is 8.89. The summed E-state index contributed by atoms with van der Waals surface area (Å²) in [4.78, 5) is 36.9. The molecule has 0 spiro atoms. The number of rotatable bonds is 7. The van der Waals surface area contributed by atoms with E-state index in [0.717, 1.165) is 0 Å². The molecule has 0 fully saturated rings. The van der Waals surface area contributed by atoms with Gasteiger partial charge in [0.15, 0.2) is 5.78 Å². The fourth-order valence-electron chi connectivity index (χ4n) is 2.55. The van der Waals surface area contributed by atoms with Crippen LogP contribution in [-0.4, -0.2) is 30.7 Å². The molecule has 0 aliphatic carbocycles. The summed E-state index contributed by atoms with van der Waals surface area (Å²) in [7, 11) is 0. The van der Waals surface area contributed by atoms with Crippen LogP contribution < -0.4 is 10.2 Å². The highest BCUT2D eigenvalue weighted by Crippen LogP contribution is 2.16. The van der Waals surface area contributed by atoms with Gasteiger partial charge in [0.1, 0.15) is 5.82 Å². The fourth-order valence-corrected chi connectivity index (χ4v) is 2.55. The van der Waals surface area contributed by atoms with E-state index < -0.39 is 5.82 Å². The van der Waals surface area contributed by atoms with Gasteiger partial charge in [-0.15, -0.1) is 0 Å². The Morgan fingerprint density at radius 1 is 1.04 bits per heavy atom. The summed E-state index contributed by atoms with van der Waals surface area (Å²) < 4.78 is 13.6. The van der Waals surface area contributed by atoms with Gasteiger partial charge in [-0.2, -0.15) is 0 Å². The number of nitrogens with one attached hydrogen (secondary N) is 1. The lowest BCUT2D eigenvalue weighted by molar-refractivity contribution is -0.121. The second-order valence-corrected chi connectivity index (χ2v) is 5.90. The molecule has 2 amide bonds. The van der Waals surface area contributed by atoms with Gasteiger partial charge in [0.25, 0.3) is 0 Å². The summed E-state index contributed by atoms with van der Waals surface area (Å²) in [5, 5.41) is 2.68. The van der Waals surface area contributed by atoms with Gasteiger partial charge in [-0.3, -0.25) is 14.4 Å². The third-order valence-corrected chi connectivity index (χ3v) is 3.91. The number of benzene rings is 2. The summed E-state index contributed by atoms with van der Waals surface area (Å²) in [5.74, 6) is -1.03. The van der Waals surface area contributed by atoms with Gasteiger partial charge in [-0.1, -0.05) is 30.3 Å². The molecule has 0 radical (unpaired) electrons. The van der Waals surface area contributed by atoms with Crippen LogP contribution in [0.2, 0.25) is 0 Å². The molecule has 1 N–H and O–H groups in total. The van der Waals surface area contributed by atoms with E-state index in [-0.39, 0.29) is 37.1 Å². The lowest BCUT2D eigenvalue weighted by Crippen LogP contribution is -2.38. The van der Waals surface area contributed by atoms with Gasteiger partial charge >= 0.3 is 0 Å². The van der Waals surface area contributed by atoms with Crippen molar-refractivity contribution in [2.24, 2.45) is 0 Å². The van der Waals surface area contributed by atoms with Crippen LogP contribution in [0.15, 0.2) is 48.5 Å². The number of nitrogens with zero attached hydrogens (tertiary/aromatic N) is 1. The Kier molecular flexibility index (Phi) is 6.60. The number of carbonyl (C=O) groups excluding carboxylic acids is 3. The first kappa shape index (κ1) is 19.3. The normalized spacial score (nSPS) is 10.3. The van der Waals surface area contributed by atoms with Gasteiger partial charge in [0.2, 0.25) is 11.8 Å². The van der Waals surface area contributed by atoms with E-state index in [4.69, 9.17) is 0 Å². The Labute approximate surface area is 151 Å². The van der Waals surface area contributed by atoms with Crippen molar-refractivity contribution < 1.29 is 18.8 Å². The quantitative estimate of drug-likeness (QED) is 0.776.